The molecule has 0 aromatic rings. The normalized spacial score (nSPS) is 10.6. The van der Waals surface area contributed by atoms with Crippen LogP contribution in [0.15, 0.2) is 0 Å². The zero-order valence-corrected chi connectivity index (χ0v) is 18.9. The first-order chi connectivity index (χ1) is 10.8. The quantitative estimate of drug-likeness (QED) is 0.308. The van der Waals surface area contributed by atoms with E-state index < -0.39 is 11.9 Å². The van der Waals surface area contributed by atoms with Crippen molar-refractivity contribution in [3.8, 4) is 0 Å². The first-order valence-corrected chi connectivity index (χ1v) is 10.9. The summed E-state index contributed by atoms with van der Waals surface area (Å²) in [6.07, 6.45) is 10.3. The third kappa shape index (κ3) is 44.9. The molecular formula is C18H35BiO4. The predicted octanol–water partition coefficient (Wildman–Crippen LogP) is 2.79. The van der Waals surface area contributed by atoms with Crippen LogP contribution in [0.3, 0.4) is 0 Å². The first-order valence-electron chi connectivity index (χ1n) is 8.89. The number of carboxylic acid groups (broad SMARTS) is 2. The molecule has 0 aromatic heterocycles. The van der Waals surface area contributed by atoms with Crippen molar-refractivity contribution < 1.29 is 19.8 Å². The number of rotatable bonds is 11. The van der Waals surface area contributed by atoms with Crippen LogP contribution in [-0.2, 0) is 9.59 Å². The van der Waals surface area contributed by atoms with Crippen LogP contribution in [0, 0.1) is 0 Å². The molecule has 0 aliphatic carbocycles. The van der Waals surface area contributed by atoms with Crippen molar-refractivity contribution in [2.45, 2.75) is 102 Å². The predicted molar refractivity (Wildman–Crippen MR) is 93.0 cm³/mol. The van der Waals surface area contributed by atoms with Crippen molar-refractivity contribution in [2.75, 3.05) is 0 Å². The number of aliphatic carboxylic acids is 2. The van der Waals surface area contributed by atoms with Gasteiger partial charge < -0.3 is 19.8 Å². The van der Waals surface area contributed by atoms with Crippen molar-refractivity contribution in [3.63, 3.8) is 0 Å². The third-order valence-corrected chi connectivity index (χ3v) is 3.95. The number of carboxylic acids is 2. The van der Waals surface area contributed by atoms with E-state index in [1.54, 1.807) is 24.7 Å². The molecule has 0 N–H and O–H groups in total. The van der Waals surface area contributed by atoms with Gasteiger partial charge in [0.2, 0.25) is 0 Å². The summed E-state index contributed by atoms with van der Waals surface area (Å²) >= 11 is 1.56. The Morgan fingerprint density at radius 3 is 1.30 bits per heavy atom. The minimum atomic E-state index is -0.932. The summed E-state index contributed by atoms with van der Waals surface area (Å²) in [5, 5.41) is 19.5. The van der Waals surface area contributed by atoms with E-state index >= 15 is 0 Å². The molecule has 1 atom stereocenters. The van der Waals surface area contributed by atoms with Crippen LogP contribution in [-0.4, -0.2) is 36.7 Å². The fourth-order valence-corrected chi connectivity index (χ4v) is 2.25. The molecule has 0 aliphatic heterocycles. The monoisotopic (exact) mass is 524 g/mol. The Kier molecular flexibility index (Phi) is 29.0. The Hall–Kier alpha value is -0.177. The summed E-state index contributed by atoms with van der Waals surface area (Å²) in [5.74, 6) is -1.86. The molecule has 5 heteroatoms. The SMILES string of the molecule is CCCCCC(=O)[O-].CCCCCC(=O)[O-].CCCC[CH](C)[Bi+2]. The van der Waals surface area contributed by atoms with E-state index in [-0.39, 0.29) is 12.8 Å². The molecule has 0 amide bonds. The molecule has 0 saturated heterocycles. The van der Waals surface area contributed by atoms with Gasteiger partial charge in [-0.2, -0.15) is 0 Å². The van der Waals surface area contributed by atoms with Gasteiger partial charge in [0.25, 0.3) is 0 Å². The fourth-order valence-electron chi connectivity index (χ4n) is 1.54. The summed E-state index contributed by atoms with van der Waals surface area (Å²) < 4.78 is 1.01. The van der Waals surface area contributed by atoms with E-state index in [1.165, 1.54) is 19.3 Å². The number of hydrogen-bond acceptors (Lipinski definition) is 4. The van der Waals surface area contributed by atoms with Crippen LogP contribution in [0.5, 0.6) is 0 Å². The molecule has 0 fully saturated rings. The zero-order valence-electron chi connectivity index (χ0n) is 15.4. The molecule has 0 bridgehead atoms. The molecule has 1 unspecified atom stereocenters. The molecule has 2 radical (unpaired) electrons. The summed E-state index contributed by atoms with van der Waals surface area (Å²) in [4.78, 5) is 19.5. The molecule has 0 saturated carbocycles. The molecule has 0 aliphatic rings. The van der Waals surface area contributed by atoms with Gasteiger partial charge in [-0.3, -0.25) is 0 Å². The van der Waals surface area contributed by atoms with Gasteiger partial charge in [0.1, 0.15) is 0 Å². The van der Waals surface area contributed by atoms with Crippen LogP contribution >= 0.6 is 0 Å². The second-order valence-corrected chi connectivity index (χ2v) is 9.08. The van der Waals surface area contributed by atoms with E-state index in [0.717, 1.165) is 42.2 Å². The van der Waals surface area contributed by atoms with Crippen LogP contribution < -0.4 is 10.2 Å². The van der Waals surface area contributed by atoms with Crippen molar-refractivity contribution in [2.24, 2.45) is 0 Å². The summed E-state index contributed by atoms with van der Waals surface area (Å²) in [6, 6.07) is 0. The number of carbonyl (C=O) groups excluding carboxylic acids is 2. The first kappa shape index (κ1) is 27.7. The molecule has 0 spiro atoms. The summed E-state index contributed by atoms with van der Waals surface area (Å²) in [6.45, 7) is 8.65. The average molecular weight is 524 g/mol. The maximum absolute atomic E-state index is 9.76. The van der Waals surface area contributed by atoms with E-state index in [2.05, 4.69) is 13.8 Å². The molecule has 0 rings (SSSR count). The van der Waals surface area contributed by atoms with Gasteiger partial charge in [0.15, 0.2) is 0 Å². The Bertz CT molecular complexity index is 235. The zero-order chi connectivity index (χ0) is 18.5. The average Bonchev–Trinajstić information content (AvgIpc) is 2.46. The summed E-state index contributed by atoms with van der Waals surface area (Å²) in [5.41, 5.74) is 0. The second-order valence-electron chi connectivity index (χ2n) is 5.65. The second kappa shape index (κ2) is 24.1. The molecule has 0 heterocycles. The van der Waals surface area contributed by atoms with Crippen molar-refractivity contribution in [3.05, 3.63) is 0 Å². The number of hydrogen-bond donors (Lipinski definition) is 0. The van der Waals surface area contributed by atoms with E-state index in [9.17, 15) is 19.8 Å². The Morgan fingerprint density at radius 2 is 1.13 bits per heavy atom. The van der Waals surface area contributed by atoms with Gasteiger partial charge in [-0.1, -0.05) is 39.5 Å². The molecule has 136 valence electrons. The molecule has 4 nitrogen and oxygen atoms in total. The van der Waals surface area contributed by atoms with Crippen LogP contribution in [0.2, 0.25) is 3.63 Å². The van der Waals surface area contributed by atoms with Crippen molar-refractivity contribution in [1.82, 2.24) is 0 Å². The topological polar surface area (TPSA) is 80.3 Å². The maximum atomic E-state index is 9.76. The van der Waals surface area contributed by atoms with Gasteiger partial charge in [0.05, 0.1) is 0 Å². The van der Waals surface area contributed by atoms with E-state index in [4.69, 9.17) is 0 Å². The van der Waals surface area contributed by atoms with Crippen molar-refractivity contribution in [1.29, 1.82) is 0 Å². The minimum absolute atomic E-state index is 0.216. The van der Waals surface area contributed by atoms with Gasteiger partial charge >= 0.3 is 61.5 Å². The van der Waals surface area contributed by atoms with Crippen LogP contribution in [0.1, 0.15) is 98.3 Å². The fraction of sp³-hybridized carbons (Fsp3) is 0.889. The van der Waals surface area contributed by atoms with Gasteiger partial charge in [-0.05, 0) is 25.7 Å². The van der Waals surface area contributed by atoms with E-state index in [1.807, 2.05) is 13.8 Å². The third-order valence-electron chi connectivity index (χ3n) is 2.94. The van der Waals surface area contributed by atoms with Gasteiger partial charge in [0, 0.05) is 11.9 Å². The Morgan fingerprint density at radius 1 is 0.783 bits per heavy atom. The van der Waals surface area contributed by atoms with Crippen LogP contribution in [0.4, 0.5) is 0 Å². The van der Waals surface area contributed by atoms with Crippen LogP contribution in [0.25, 0.3) is 0 Å². The Balaban J connectivity index is -0.000000262. The number of unbranched alkanes of at least 4 members (excludes halogenated alkanes) is 5. The summed E-state index contributed by atoms with van der Waals surface area (Å²) in [7, 11) is 0. The number of carbonyl (C=O) groups is 2. The van der Waals surface area contributed by atoms with Gasteiger partial charge in [-0.25, -0.2) is 0 Å². The molecular weight excluding hydrogens is 489 g/mol. The van der Waals surface area contributed by atoms with Crippen molar-refractivity contribution >= 4 is 36.7 Å². The Labute approximate surface area is 158 Å². The standard InChI is InChI=1S/2C6H12O2.C6H13.Bi/c2*1-2-3-4-5-6(7)8;1-3-5-6-4-2;/h2*2-5H2,1H3,(H,7,8);3H,4-6H2,1-2H3;/q;;;+2/p-2. The molecule has 23 heavy (non-hydrogen) atoms. The van der Waals surface area contributed by atoms with E-state index in [0.29, 0.717) is 0 Å². The van der Waals surface area contributed by atoms with Gasteiger partial charge in [-0.15, -0.1) is 0 Å². The molecule has 0 aromatic carbocycles.